The van der Waals surface area contributed by atoms with Crippen LogP contribution in [0.1, 0.15) is 11.1 Å². The molecule has 0 unspecified atom stereocenters. The Morgan fingerprint density at radius 2 is 1.96 bits per heavy atom. The average Bonchev–Trinajstić information content (AvgIpc) is 2.51. The van der Waals surface area contributed by atoms with E-state index in [1.54, 1.807) is 30.3 Å². The molecule has 4 nitrogen and oxygen atoms in total. The fourth-order valence-corrected chi connectivity index (χ4v) is 2.09. The number of nitro benzene ring substituents is 1. The van der Waals surface area contributed by atoms with Crippen molar-refractivity contribution in [1.82, 2.24) is 5.32 Å². The number of nitro groups is 1. The molecule has 0 radical (unpaired) electrons. The van der Waals surface area contributed by atoms with Crippen molar-refractivity contribution in [1.29, 1.82) is 0 Å². The highest BCUT2D eigenvalue weighted by molar-refractivity contribution is 5.85. The molecule has 0 spiro atoms. The largest absolute Gasteiger partial charge is 0.313 e. The van der Waals surface area contributed by atoms with Crippen molar-refractivity contribution in [2.75, 3.05) is 13.1 Å². The van der Waals surface area contributed by atoms with Crippen LogP contribution in [0.25, 0.3) is 6.08 Å². The standard InChI is InChI=1S/C17H17FN2O2.ClH/c18-16-8-3-5-14(13-16)10-12-19-11-4-7-15-6-1-2-9-17(15)20(21)22;/h1-9,13,19H,10-12H2;1H/b7-4+;. The van der Waals surface area contributed by atoms with Gasteiger partial charge in [0.1, 0.15) is 5.82 Å². The molecule has 6 heteroatoms. The Hall–Kier alpha value is -2.24. The van der Waals surface area contributed by atoms with E-state index in [0.717, 1.165) is 12.0 Å². The van der Waals surface area contributed by atoms with Gasteiger partial charge in [-0.1, -0.05) is 36.4 Å². The molecule has 2 aromatic rings. The summed E-state index contributed by atoms with van der Waals surface area (Å²) >= 11 is 0. The number of benzene rings is 2. The molecule has 0 atom stereocenters. The van der Waals surface area contributed by atoms with Crippen LogP contribution in [0, 0.1) is 15.9 Å². The fourth-order valence-electron chi connectivity index (χ4n) is 2.09. The van der Waals surface area contributed by atoms with Gasteiger partial charge < -0.3 is 5.32 Å². The zero-order chi connectivity index (χ0) is 15.8. The first-order valence-corrected chi connectivity index (χ1v) is 7.02. The topological polar surface area (TPSA) is 55.2 Å². The highest BCUT2D eigenvalue weighted by atomic mass is 35.5. The second kappa shape index (κ2) is 9.71. The van der Waals surface area contributed by atoms with Gasteiger partial charge in [-0.15, -0.1) is 12.4 Å². The highest BCUT2D eigenvalue weighted by Crippen LogP contribution is 2.18. The van der Waals surface area contributed by atoms with Crippen molar-refractivity contribution in [3.05, 3.63) is 81.7 Å². The summed E-state index contributed by atoms with van der Waals surface area (Å²) in [6.45, 7) is 1.31. The third-order valence-electron chi connectivity index (χ3n) is 3.17. The number of nitrogens with one attached hydrogen (secondary N) is 1. The minimum Gasteiger partial charge on any atom is -0.313 e. The van der Waals surface area contributed by atoms with Gasteiger partial charge in [0.25, 0.3) is 5.69 Å². The summed E-state index contributed by atoms with van der Waals surface area (Å²) in [6.07, 6.45) is 4.30. The van der Waals surface area contributed by atoms with Crippen molar-refractivity contribution in [3.8, 4) is 0 Å². The van der Waals surface area contributed by atoms with Gasteiger partial charge in [-0.2, -0.15) is 0 Å². The number of hydrogen-bond donors (Lipinski definition) is 1. The molecule has 0 heterocycles. The molecule has 1 N–H and O–H groups in total. The van der Waals surface area contributed by atoms with E-state index in [-0.39, 0.29) is 23.9 Å². The van der Waals surface area contributed by atoms with E-state index >= 15 is 0 Å². The maximum Gasteiger partial charge on any atom is 0.276 e. The Morgan fingerprint density at radius 3 is 2.70 bits per heavy atom. The van der Waals surface area contributed by atoms with E-state index in [4.69, 9.17) is 0 Å². The lowest BCUT2D eigenvalue weighted by molar-refractivity contribution is -0.385. The molecule has 0 aliphatic carbocycles. The summed E-state index contributed by atoms with van der Waals surface area (Å²) < 4.78 is 13.0. The first-order valence-electron chi connectivity index (χ1n) is 7.02. The number of hydrogen-bond acceptors (Lipinski definition) is 3. The molecule has 0 aliphatic rings. The van der Waals surface area contributed by atoms with Gasteiger partial charge >= 0.3 is 0 Å². The molecule has 0 aliphatic heterocycles. The van der Waals surface area contributed by atoms with E-state index in [2.05, 4.69) is 5.32 Å². The summed E-state index contributed by atoms with van der Waals surface area (Å²) in [7, 11) is 0. The number of para-hydroxylation sites is 1. The van der Waals surface area contributed by atoms with Gasteiger partial charge in [0.2, 0.25) is 0 Å². The molecule has 0 aromatic heterocycles. The Bertz CT molecular complexity index is 677. The van der Waals surface area contributed by atoms with Crippen molar-refractivity contribution >= 4 is 24.2 Å². The van der Waals surface area contributed by atoms with E-state index in [0.29, 0.717) is 18.7 Å². The predicted octanol–water partition coefficient (Wildman–Crippen LogP) is 4.00. The minimum atomic E-state index is -0.392. The lowest BCUT2D eigenvalue weighted by atomic mass is 10.1. The Labute approximate surface area is 140 Å². The zero-order valence-corrected chi connectivity index (χ0v) is 13.3. The lowest BCUT2D eigenvalue weighted by Crippen LogP contribution is -2.16. The monoisotopic (exact) mass is 336 g/mol. The van der Waals surface area contributed by atoms with Gasteiger partial charge in [-0.05, 0) is 36.7 Å². The summed E-state index contributed by atoms with van der Waals surface area (Å²) in [4.78, 5) is 10.5. The van der Waals surface area contributed by atoms with Crippen LogP contribution in [0.4, 0.5) is 10.1 Å². The minimum absolute atomic E-state index is 0. The molecule has 0 fully saturated rings. The van der Waals surface area contributed by atoms with Crippen molar-refractivity contribution in [2.24, 2.45) is 0 Å². The Balaban J connectivity index is 0.00000264. The molecule has 2 rings (SSSR count). The second-order valence-electron chi connectivity index (χ2n) is 4.80. The van der Waals surface area contributed by atoms with Crippen LogP contribution in [-0.2, 0) is 6.42 Å². The third-order valence-corrected chi connectivity index (χ3v) is 3.17. The van der Waals surface area contributed by atoms with Gasteiger partial charge in [-0.3, -0.25) is 10.1 Å². The third kappa shape index (κ3) is 6.18. The highest BCUT2D eigenvalue weighted by Gasteiger charge is 2.08. The zero-order valence-electron chi connectivity index (χ0n) is 12.4. The first-order chi connectivity index (χ1) is 10.7. The van der Waals surface area contributed by atoms with Gasteiger partial charge in [0, 0.05) is 12.6 Å². The van der Waals surface area contributed by atoms with Crippen LogP contribution in [-0.4, -0.2) is 18.0 Å². The molecule has 0 amide bonds. The Kier molecular flexibility index (Phi) is 7.94. The van der Waals surface area contributed by atoms with E-state index in [1.807, 2.05) is 12.1 Å². The molecule has 0 bridgehead atoms. The SMILES string of the molecule is Cl.O=[N+]([O-])c1ccccc1/C=C/CNCCc1cccc(F)c1. The number of rotatable bonds is 7. The number of halogens is 2. The maximum atomic E-state index is 13.0. The molecule has 2 aromatic carbocycles. The average molecular weight is 337 g/mol. The number of nitrogens with zero attached hydrogens (tertiary/aromatic N) is 1. The lowest BCUT2D eigenvalue weighted by Gasteiger charge is -2.02. The quantitative estimate of drug-likeness (QED) is 0.472. The summed E-state index contributed by atoms with van der Waals surface area (Å²) in [5, 5.41) is 14.1. The second-order valence-corrected chi connectivity index (χ2v) is 4.80. The molecular formula is C17H18ClFN2O2. The molecule has 0 saturated heterocycles. The summed E-state index contributed by atoms with van der Waals surface area (Å²) in [5.41, 5.74) is 1.62. The van der Waals surface area contributed by atoms with Crippen LogP contribution in [0.3, 0.4) is 0 Å². The molecule has 122 valence electrons. The fraction of sp³-hybridized carbons (Fsp3) is 0.176. The predicted molar refractivity (Wildman–Crippen MR) is 92.4 cm³/mol. The van der Waals surface area contributed by atoms with Crippen LogP contribution in [0.5, 0.6) is 0 Å². The van der Waals surface area contributed by atoms with E-state index in [1.165, 1.54) is 18.2 Å². The normalized spacial score (nSPS) is 10.5. The van der Waals surface area contributed by atoms with Crippen LogP contribution in [0.15, 0.2) is 54.6 Å². The maximum absolute atomic E-state index is 13.0. The first kappa shape index (κ1) is 18.8. The smallest absolute Gasteiger partial charge is 0.276 e. The van der Waals surface area contributed by atoms with Crippen molar-refractivity contribution < 1.29 is 9.31 Å². The van der Waals surface area contributed by atoms with Gasteiger partial charge in [0.05, 0.1) is 10.5 Å². The van der Waals surface area contributed by atoms with Crippen molar-refractivity contribution in [2.45, 2.75) is 6.42 Å². The van der Waals surface area contributed by atoms with Gasteiger partial charge in [0.15, 0.2) is 0 Å². The van der Waals surface area contributed by atoms with Crippen molar-refractivity contribution in [3.63, 3.8) is 0 Å². The van der Waals surface area contributed by atoms with Crippen LogP contribution < -0.4 is 5.32 Å². The van der Waals surface area contributed by atoms with Gasteiger partial charge in [-0.25, -0.2) is 4.39 Å². The molecule has 23 heavy (non-hydrogen) atoms. The summed E-state index contributed by atoms with van der Waals surface area (Å²) in [6, 6.07) is 13.1. The van der Waals surface area contributed by atoms with Crippen LogP contribution in [0.2, 0.25) is 0 Å². The molecular weight excluding hydrogens is 319 g/mol. The van der Waals surface area contributed by atoms with Crippen LogP contribution >= 0.6 is 12.4 Å². The van der Waals surface area contributed by atoms with E-state index < -0.39 is 4.92 Å². The Morgan fingerprint density at radius 1 is 1.17 bits per heavy atom. The summed E-state index contributed by atoms with van der Waals surface area (Å²) in [5.74, 6) is -0.228. The molecule has 0 saturated carbocycles. The van der Waals surface area contributed by atoms with E-state index in [9.17, 15) is 14.5 Å².